The van der Waals surface area contributed by atoms with Crippen LogP contribution in [0.1, 0.15) is 49.7 Å². The average molecular weight is 283 g/mol. The molecule has 0 saturated heterocycles. The van der Waals surface area contributed by atoms with Gasteiger partial charge in [0.2, 0.25) is 0 Å². The van der Waals surface area contributed by atoms with Crippen LogP contribution < -0.4 is 10.5 Å². The zero-order valence-corrected chi connectivity index (χ0v) is 13.2. The van der Waals surface area contributed by atoms with Crippen LogP contribution in [0.2, 0.25) is 0 Å². The van der Waals surface area contributed by atoms with Crippen LogP contribution in [0.25, 0.3) is 0 Å². The van der Waals surface area contributed by atoms with E-state index in [1.54, 1.807) is 7.11 Å². The second kappa shape index (κ2) is 7.16. The van der Waals surface area contributed by atoms with Crippen LogP contribution in [0, 0.1) is 0 Å². The second-order valence-electron chi connectivity index (χ2n) is 5.47. The number of rotatable bonds is 6. The molecular weight excluding hydrogens is 258 g/mol. The first-order valence-corrected chi connectivity index (χ1v) is 7.69. The van der Waals surface area contributed by atoms with Crippen LogP contribution in [0.5, 0.6) is 5.75 Å². The molecule has 0 saturated carbocycles. The third-order valence-electron chi connectivity index (χ3n) is 4.27. The molecule has 2 heteroatoms. The predicted octanol–water partition coefficient (Wildman–Crippen LogP) is 4.96. The van der Waals surface area contributed by atoms with Crippen LogP contribution in [-0.2, 0) is 0 Å². The quantitative estimate of drug-likeness (QED) is 0.760. The third-order valence-corrected chi connectivity index (χ3v) is 4.27. The Morgan fingerprint density at radius 2 is 1.24 bits per heavy atom. The summed E-state index contributed by atoms with van der Waals surface area (Å²) in [6.07, 6.45) is 2.24. The van der Waals surface area contributed by atoms with E-state index in [0.717, 1.165) is 24.3 Å². The van der Waals surface area contributed by atoms with Gasteiger partial charge in [0.1, 0.15) is 5.75 Å². The van der Waals surface area contributed by atoms with Gasteiger partial charge in [0.25, 0.3) is 0 Å². The molecule has 0 aromatic heterocycles. The minimum atomic E-state index is 0.518. The summed E-state index contributed by atoms with van der Waals surface area (Å²) in [4.78, 5) is 0. The van der Waals surface area contributed by atoms with Gasteiger partial charge in [-0.1, -0.05) is 38.1 Å². The highest BCUT2D eigenvalue weighted by Gasteiger charge is 2.21. The number of nitrogens with two attached hydrogens (primary N) is 1. The fourth-order valence-electron chi connectivity index (χ4n) is 3.10. The molecule has 2 unspecified atom stereocenters. The molecule has 2 aromatic carbocycles. The van der Waals surface area contributed by atoms with Crippen molar-refractivity contribution in [3.63, 3.8) is 0 Å². The van der Waals surface area contributed by atoms with Crippen molar-refractivity contribution in [1.29, 1.82) is 0 Å². The molecule has 2 nitrogen and oxygen atoms in total. The van der Waals surface area contributed by atoms with Gasteiger partial charge in [-0.25, -0.2) is 0 Å². The van der Waals surface area contributed by atoms with E-state index in [0.29, 0.717) is 11.8 Å². The fraction of sp³-hybridized carbons (Fsp3) is 0.368. The molecule has 0 bridgehead atoms. The number of methoxy groups -OCH3 is 1. The van der Waals surface area contributed by atoms with Crippen molar-refractivity contribution in [1.82, 2.24) is 0 Å². The molecule has 2 atom stereocenters. The van der Waals surface area contributed by atoms with Crippen LogP contribution in [0.3, 0.4) is 0 Å². The van der Waals surface area contributed by atoms with Crippen LogP contribution in [-0.4, -0.2) is 7.11 Å². The lowest BCUT2D eigenvalue weighted by Gasteiger charge is -2.26. The molecule has 0 amide bonds. The maximum Gasteiger partial charge on any atom is 0.118 e. The molecule has 0 heterocycles. The maximum atomic E-state index is 5.81. The molecule has 0 aliphatic rings. The van der Waals surface area contributed by atoms with Gasteiger partial charge >= 0.3 is 0 Å². The Morgan fingerprint density at radius 3 is 1.62 bits per heavy atom. The average Bonchev–Trinajstić information content (AvgIpc) is 2.54. The molecule has 0 aliphatic carbocycles. The van der Waals surface area contributed by atoms with Gasteiger partial charge < -0.3 is 10.5 Å². The number of benzene rings is 2. The van der Waals surface area contributed by atoms with Crippen molar-refractivity contribution >= 4 is 5.69 Å². The van der Waals surface area contributed by atoms with E-state index in [2.05, 4.69) is 38.1 Å². The zero-order chi connectivity index (χ0) is 15.2. The Hall–Kier alpha value is -1.96. The highest BCUT2D eigenvalue weighted by Crippen LogP contribution is 2.38. The molecule has 2 aromatic rings. The minimum Gasteiger partial charge on any atom is -0.497 e. The molecule has 2 rings (SSSR count). The van der Waals surface area contributed by atoms with Gasteiger partial charge in [0.05, 0.1) is 7.11 Å². The summed E-state index contributed by atoms with van der Waals surface area (Å²) in [5.41, 5.74) is 9.38. The summed E-state index contributed by atoms with van der Waals surface area (Å²) in [5, 5.41) is 0. The Balaban J connectivity index is 2.29. The van der Waals surface area contributed by atoms with Gasteiger partial charge in [-0.2, -0.15) is 0 Å². The molecule has 0 fully saturated rings. The van der Waals surface area contributed by atoms with Gasteiger partial charge in [-0.3, -0.25) is 0 Å². The summed E-state index contributed by atoms with van der Waals surface area (Å²) in [7, 11) is 1.70. The van der Waals surface area contributed by atoms with Crippen LogP contribution in [0.15, 0.2) is 48.5 Å². The van der Waals surface area contributed by atoms with Gasteiger partial charge in [0, 0.05) is 5.69 Å². The second-order valence-corrected chi connectivity index (χ2v) is 5.47. The van der Waals surface area contributed by atoms with E-state index >= 15 is 0 Å². The number of nitrogen functional groups attached to an aromatic ring is 1. The number of anilines is 1. The normalized spacial score (nSPS) is 13.7. The Morgan fingerprint density at radius 1 is 0.810 bits per heavy atom. The van der Waals surface area contributed by atoms with E-state index < -0.39 is 0 Å². The van der Waals surface area contributed by atoms with Gasteiger partial charge in [-0.15, -0.1) is 0 Å². The van der Waals surface area contributed by atoms with E-state index in [4.69, 9.17) is 10.5 Å². The Bertz CT molecular complexity index is 545. The topological polar surface area (TPSA) is 35.2 Å². The van der Waals surface area contributed by atoms with E-state index in [1.165, 1.54) is 11.1 Å². The number of hydrogen-bond acceptors (Lipinski definition) is 2. The lowest BCUT2D eigenvalue weighted by molar-refractivity contribution is 0.414. The molecular formula is C19H25NO. The summed E-state index contributed by atoms with van der Waals surface area (Å²) >= 11 is 0. The lowest BCUT2D eigenvalue weighted by Crippen LogP contribution is -2.10. The van der Waals surface area contributed by atoms with Crippen molar-refractivity contribution in [2.24, 2.45) is 0 Å². The number of ether oxygens (including phenoxy) is 1. The lowest BCUT2D eigenvalue weighted by atomic mass is 9.78. The number of hydrogen-bond donors (Lipinski definition) is 1. The molecule has 21 heavy (non-hydrogen) atoms. The minimum absolute atomic E-state index is 0.518. The Labute approximate surface area is 127 Å². The molecule has 0 aliphatic heterocycles. The van der Waals surface area contributed by atoms with E-state index in [9.17, 15) is 0 Å². The smallest absolute Gasteiger partial charge is 0.118 e. The summed E-state index contributed by atoms with van der Waals surface area (Å²) in [6.45, 7) is 4.52. The highest BCUT2D eigenvalue weighted by atomic mass is 16.5. The van der Waals surface area contributed by atoms with Crippen molar-refractivity contribution in [2.75, 3.05) is 12.8 Å². The van der Waals surface area contributed by atoms with Crippen LogP contribution in [0.4, 0.5) is 5.69 Å². The van der Waals surface area contributed by atoms with Crippen molar-refractivity contribution in [3.8, 4) is 5.75 Å². The zero-order valence-electron chi connectivity index (χ0n) is 13.2. The first-order valence-electron chi connectivity index (χ1n) is 7.69. The van der Waals surface area contributed by atoms with Gasteiger partial charge in [0.15, 0.2) is 0 Å². The van der Waals surface area contributed by atoms with Crippen LogP contribution >= 0.6 is 0 Å². The monoisotopic (exact) mass is 283 g/mol. The van der Waals surface area contributed by atoms with E-state index in [1.807, 2.05) is 24.3 Å². The SMILES string of the molecule is CCC(c1ccc(N)cc1)C(CC)c1ccc(OC)cc1. The molecule has 0 radical (unpaired) electrons. The largest absolute Gasteiger partial charge is 0.497 e. The summed E-state index contributed by atoms with van der Waals surface area (Å²) in [5.74, 6) is 1.95. The predicted molar refractivity (Wildman–Crippen MR) is 89.9 cm³/mol. The molecule has 112 valence electrons. The maximum absolute atomic E-state index is 5.81. The molecule has 2 N–H and O–H groups in total. The van der Waals surface area contributed by atoms with Gasteiger partial charge in [-0.05, 0) is 60.1 Å². The van der Waals surface area contributed by atoms with Crippen molar-refractivity contribution < 1.29 is 4.74 Å². The summed E-state index contributed by atoms with van der Waals surface area (Å²) in [6, 6.07) is 16.8. The first-order chi connectivity index (χ1) is 10.2. The standard InChI is InChI=1S/C19H25NO/c1-4-18(14-6-10-16(20)11-7-14)19(5-2)15-8-12-17(21-3)13-9-15/h6-13,18-19H,4-5,20H2,1-3H3. The molecule has 0 spiro atoms. The fourth-order valence-corrected chi connectivity index (χ4v) is 3.10. The van der Waals surface area contributed by atoms with Crippen molar-refractivity contribution in [2.45, 2.75) is 38.5 Å². The van der Waals surface area contributed by atoms with Crippen molar-refractivity contribution in [3.05, 3.63) is 59.7 Å². The third kappa shape index (κ3) is 3.57. The Kier molecular flexibility index (Phi) is 5.26. The summed E-state index contributed by atoms with van der Waals surface area (Å²) < 4.78 is 5.25. The highest BCUT2D eigenvalue weighted by molar-refractivity contribution is 5.41. The first kappa shape index (κ1) is 15.4. The van der Waals surface area contributed by atoms with E-state index in [-0.39, 0.29) is 0 Å².